The number of nitrogens with one attached hydrogen (secondary N) is 1. The largest absolute Gasteiger partial charge is 0.369 e. The molecular weight excluding hydrogens is 239 g/mol. The van der Waals surface area contributed by atoms with Crippen LogP contribution in [0.15, 0.2) is 18.2 Å². The molecule has 0 amide bonds. The highest BCUT2D eigenvalue weighted by Gasteiger charge is 2.13. The Bertz CT molecular complexity index is 384. The number of anilines is 1. The van der Waals surface area contributed by atoms with Gasteiger partial charge in [0.1, 0.15) is 5.82 Å². The lowest BCUT2D eigenvalue weighted by Crippen LogP contribution is -2.28. The summed E-state index contributed by atoms with van der Waals surface area (Å²) < 4.78 is 14.2. The van der Waals surface area contributed by atoms with Gasteiger partial charge in [-0.3, -0.25) is 0 Å². The van der Waals surface area contributed by atoms with Crippen LogP contribution in [-0.4, -0.2) is 19.6 Å². The van der Waals surface area contributed by atoms with Crippen molar-refractivity contribution < 1.29 is 4.39 Å². The van der Waals surface area contributed by atoms with Gasteiger partial charge in [-0.25, -0.2) is 4.39 Å². The normalized spacial score (nSPS) is 17.1. The van der Waals surface area contributed by atoms with E-state index in [1.807, 2.05) is 12.1 Å². The van der Waals surface area contributed by atoms with E-state index in [4.69, 9.17) is 0 Å². The Balaban J connectivity index is 2.05. The molecule has 1 N–H and O–H groups in total. The van der Waals surface area contributed by atoms with Crippen molar-refractivity contribution in [1.29, 1.82) is 0 Å². The predicted octanol–water partition coefficient (Wildman–Crippen LogP) is 3.71. The fraction of sp³-hybridized carbons (Fsp3) is 0.625. The molecule has 3 heteroatoms. The summed E-state index contributed by atoms with van der Waals surface area (Å²) in [7, 11) is 0. The minimum atomic E-state index is -0.0732. The standard InChI is InChI=1S/C16H25FN2/c1-2-18-13-14-8-9-16(15(17)12-14)19-10-6-4-3-5-7-11-19/h8-9,12,18H,2-7,10-11,13H2,1H3. The van der Waals surface area contributed by atoms with Crippen molar-refractivity contribution in [2.24, 2.45) is 0 Å². The van der Waals surface area contributed by atoms with E-state index in [2.05, 4.69) is 17.1 Å². The number of hydrogen-bond acceptors (Lipinski definition) is 2. The lowest BCUT2D eigenvalue weighted by atomic mass is 10.1. The Hall–Kier alpha value is -1.09. The third-order valence-electron chi connectivity index (χ3n) is 3.79. The van der Waals surface area contributed by atoms with Crippen molar-refractivity contribution in [3.05, 3.63) is 29.6 Å². The summed E-state index contributed by atoms with van der Waals surface area (Å²) in [5.74, 6) is -0.0732. The van der Waals surface area contributed by atoms with E-state index in [-0.39, 0.29) is 5.82 Å². The first-order chi connectivity index (χ1) is 9.31. The maximum atomic E-state index is 14.2. The van der Waals surface area contributed by atoms with Crippen molar-refractivity contribution in [2.45, 2.75) is 45.6 Å². The van der Waals surface area contributed by atoms with Gasteiger partial charge >= 0.3 is 0 Å². The van der Waals surface area contributed by atoms with E-state index in [9.17, 15) is 4.39 Å². The zero-order valence-electron chi connectivity index (χ0n) is 11.9. The van der Waals surface area contributed by atoms with Gasteiger partial charge in [0.15, 0.2) is 0 Å². The van der Waals surface area contributed by atoms with Gasteiger partial charge in [0, 0.05) is 19.6 Å². The topological polar surface area (TPSA) is 15.3 Å². The van der Waals surface area contributed by atoms with E-state index >= 15 is 0 Å². The fourth-order valence-corrected chi connectivity index (χ4v) is 2.67. The summed E-state index contributed by atoms with van der Waals surface area (Å²) in [6.07, 6.45) is 6.24. The van der Waals surface area contributed by atoms with Gasteiger partial charge in [-0.15, -0.1) is 0 Å². The zero-order chi connectivity index (χ0) is 13.5. The number of hydrogen-bond donors (Lipinski definition) is 1. The van der Waals surface area contributed by atoms with E-state index in [1.165, 1.54) is 32.1 Å². The first-order valence-corrected chi connectivity index (χ1v) is 7.55. The highest BCUT2D eigenvalue weighted by Crippen LogP contribution is 2.23. The van der Waals surface area contributed by atoms with E-state index in [0.29, 0.717) is 0 Å². The molecule has 0 radical (unpaired) electrons. The van der Waals surface area contributed by atoms with Gasteiger partial charge in [0.25, 0.3) is 0 Å². The predicted molar refractivity (Wildman–Crippen MR) is 79.1 cm³/mol. The van der Waals surface area contributed by atoms with Crippen molar-refractivity contribution in [3.63, 3.8) is 0 Å². The summed E-state index contributed by atoms with van der Waals surface area (Å²) in [6.45, 7) is 5.70. The Labute approximate surface area is 116 Å². The van der Waals surface area contributed by atoms with Gasteiger partial charge in [-0.1, -0.05) is 32.3 Å². The molecule has 1 aliphatic rings. The molecule has 0 saturated carbocycles. The van der Waals surface area contributed by atoms with Gasteiger partial charge in [0.05, 0.1) is 5.69 Å². The molecule has 1 fully saturated rings. The van der Waals surface area contributed by atoms with Gasteiger partial charge in [-0.05, 0) is 37.1 Å². The minimum Gasteiger partial charge on any atom is -0.369 e. The quantitative estimate of drug-likeness (QED) is 0.892. The molecule has 1 saturated heterocycles. The smallest absolute Gasteiger partial charge is 0.146 e. The molecule has 1 aromatic rings. The molecule has 0 unspecified atom stereocenters. The molecule has 106 valence electrons. The van der Waals surface area contributed by atoms with Crippen LogP contribution in [0.2, 0.25) is 0 Å². The Morgan fingerprint density at radius 1 is 1.11 bits per heavy atom. The zero-order valence-corrected chi connectivity index (χ0v) is 11.9. The Morgan fingerprint density at radius 2 is 1.79 bits per heavy atom. The van der Waals surface area contributed by atoms with Gasteiger partial charge in [0.2, 0.25) is 0 Å². The lowest BCUT2D eigenvalue weighted by molar-refractivity contribution is 0.544. The molecular formula is C16H25FN2. The first-order valence-electron chi connectivity index (χ1n) is 7.55. The molecule has 0 atom stereocenters. The monoisotopic (exact) mass is 264 g/mol. The summed E-state index contributed by atoms with van der Waals surface area (Å²) in [5, 5.41) is 3.23. The minimum absolute atomic E-state index is 0.0732. The summed E-state index contributed by atoms with van der Waals surface area (Å²) in [6, 6.07) is 5.67. The molecule has 1 aromatic carbocycles. The maximum absolute atomic E-state index is 14.2. The van der Waals surface area contributed by atoms with Crippen LogP contribution in [0.3, 0.4) is 0 Å². The second kappa shape index (κ2) is 7.49. The molecule has 0 aliphatic carbocycles. The highest BCUT2D eigenvalue weighted by atomic mass is 19.1. The number of nitrogens with zero attached hydrogens (tertiary/aromatic N) is 1. The first kappa shape index (κ1) is 14.3. The molecule has 2 rings (SSSR count). The van der Waals surface area contributed by atoms with E-state index < -0.39 is 0 Å². The van der Waals surface area contributed by atoms with Crippen LogP contribution >= 0.6 is 0 Å². The number of rotatable bonds is 4. The third kappa shape index (κ3) is 4.20. The van der Waals surface area contributed by atoms with Crippen LogP contribution in [0, 0.1) is 5.82 Å². The van der Waals surface area contributed by atoms with Gasteiger partial charge < -0.3 is 10.2 Å². The molecule has 19 heavy (non-hydrogen) atoms. The number of benzene rings is 1. The SMILES string of the molecule is CCNCc1ccc(N2CCCCCCC2)c(F)c1. The highest BCUT2D eigenvalue weighted by molar-refractivity contribution is 5.49. The van der Waals surface area contributed by atoms with Crippen LogP contribution < -0.4 is 10.2 Å². The van der Waals surface area contributed by atoms with Crippen LogP contribution in [0.25, 0.3) is 0 Å². The summed E-state index contributed by atoms with van der Waals surface area (Å²) in [5.41, 5.74) is 1.80. The summed E-state index contributed by atoms with van der Waals surface area (Å²) in [4.78, 5) is 2.21. The Kier molecular flexibility index (Phi) is 5.64. The Morgan fingerprint density at radius 3 is 2.42 bits per heavy atom. The van der Waals surface area contributed by atoms with E-state index in [1.54, 1.807) is 6.07 Å². The van der Waals surface area contributed by atoms with E-state index in [0.717, 1.165) is 37.4 Å². The molecule has 1 aliphatic heterocycles. The van der Waals surface area contributed by atoms with Crippen molar-refractivity contribution in [3.8, 4) is 0 Å². The second-order valence-corrected chi connectivity index (χ2v) is 5.32. The molecule has 0 bridgehead atoms. The van der Waals surface area contributed by atoms with Crippen LogP contribution in [0.5, 0.6) is 0 Å². The maximum Gasteiger partial charge on any atom is 0.146 e. The van der Waals surface area contributed by atoms with Crippen molar-refractivity contribution in [1.82, 2.24) is 5.32 Å². The molecule has 2 nitrogen and oxygen atoms in total. The number of halogens is 1. The van der Waals surface area contributed by atoms with Crippen molar-refractivity contribution in [2.75, 3.05) is 24.5 Å². The molecule has 0 aromatic heterocycles. The van der Waals surface area contributed by atoms with Gasteiger partial charge in [-0.2, -0.15) is 0 Å². The summed E-state index contributed by atoms with van der Waals surface area (Å²) >= 11 is 0. The average Bonchev–Trinajstić information content (AvgIpc) is 2.37. The molecule has 1 heterocycles. The van der Waals surface area contributed by atoms with Crippen molar-refractivity contribution >= 4 is 5.69 Å². The van der Waals surface area contributed by atoms with Crippen LogP contribution in [0.1, 0.15) is 44.6 Å². The second-order valence-electron chi connectivity index (χ2n) is 5.32. The molecule has 0 spiro atoms. The fourth-order valence-electron chi connectivity index (χ4n) is 2.67. The lowest BCUT2D eigenvalue weighted by Gasteiger charge is -2.27. The average molecular weight is 264 g/mol. The van der Waals surface area contributed by atoms with Crippen LogP contribution in [-0.2, 0) is 6.54 Å². The third-order valence-corrected chi connectivity index (χ3v) is 3.79. The van der Waals surface area contributed by atoms with Crippen LogP contribution in [0.4, 0.5) is 10.1 Å².